The molecule has 0 aliphatic carbocycles. The third-order valence-corrected chi connectivity index (χ3v) is 1.48. The molecule has 0 aliphatic heterocycles. The summed E-state index contributed by atoms with van der Waals surface area (Å²) in [5.74, 6) is -0.729. The van der Waals surface area contributed by atoms with Crippen LogP contribution in [0.25, 0.3) is 0 Å². The molecule has 80 valence electrons. The molecule has 0 saturated heterocycles. The monoisotopic (exact) mass is 200 g/mol. The molecular formula is C10H16O4. The van der Waals surface area contributed by atoms with Crippen molar-refractivity contribution < 1.29 is 19.1 Å². The minimum absolute atomic E-state index is 0.110. The van der Waals surface area contributed by atoms with Crippen LogP contribution >= 0.6 is 0 Å². The third kappa shape index (κ3) is 5.35. The van der Waals surface area contributed by atoms with Crippen LogP contribution in [0.15, 0.2) is 11.6 Å². The van der Waals surface area contributed by atoms with E-state index >= 15 is 0 Å². The first-order valence-corrected chi connectivity index (χ1v) is 4.61. The minimum atomic E-state index is -0.392. The van der Waals surface area contributed by atoms with Gasteiger partial charge in [-0.25, -0.2) is 4.79 Å². The Labute approximate surface area is 83.9 Å². The summed E-state index contributed by atoms with van der Waals surface area (Å²) < 4.78 is 9.43. The zero-order valence-electron chi connectivity index (χ0n) is 8.83. The molecule has 0 heterocycles. The zero-order chi connectivity index (χ0) is 11.0. The van der Waals surface area contributed by atoms with Crippen molar-refractivity contribution >= 4 is 11.9 Å². The highest BCUT2D eigenvalue weighted by atomic mass is 16.5. The Balaban J connectivity index is 3.98. The lowest BCUT2D eigenvalue weighted by atomic mass is 10.2. The first-order chi connectivity index (χ1) is 6.61. The SMILES string of the molecule is CCOC(=O)CC=C(C)C(=O)OCC. The molecule has 4 nitrogen and oxygen atoms in total. The van der Waals surface area contributed by atoms with Crippen molar-refractivity contribution in [1.29, 1.82) is 0 Å². The van der Waals surface area contributed by atoms with E-state index in [2.05, 4.69) is 0 Å². The topological polar surface area (TPSA) is 52.6 Å². The van der Waals surface area contributed by atoms with Crippen molar-refractivity contribution in [3.8, 4) is 0 Å². The largest absolute Gasteiger partial charge is 0.466 e. The number of hydrogen-bond donors (Lipinski definition) is 0. The van der Waals surface area contributed by atoms with Gasteiger partial charge in [0.2, 0.25) is 0 Å². The van der Waals surface area contributed by atoms with Gasteiger partial charge in [-0.3, -0.25) is 4.79 Å². The molecule has 0 aliphatic rings. The number of esters is 2. The molecule has 0 rings (SSSR count). The Morgan fingerprint density at radius 1 is 1.14 bits per heavy atom. The predicted octanol–water partition coefficient (Wildman–Crippen LogP) is 1.45. The lowest BCUT2D eigenvalue weighted by Gasteiger charge is -2.01. The third-order valence-electron chi connectivity index (χ3n) is 1.48. The Morgan fingerprint density at radius 2 is 1.71 bits per heavy atom. The van der Waals surface area contributed by atoms with Crippen molar-refractivity contribution in [2.75, 3.05) is 13.2 Å². The summed E-state index contributed by atoms with van der Waals surface area (Å²) in [5, 5.41) is 0. The van der Waals surface area contributed by atoms with Crippen LogP contribution < -0.4 is 0 Å². The molecule has 0 fully saturated rings. The normalized spacial score (nSPS) is 10.9. The van der Waals surface area contributed by atoms with Gasteiger partial charge >= 0.3 is 11.9 Å². The quantitative estimate of drug-likeness (QED) is 0.498. The predicted molar refractivity (Wildman–Crippen MR) is 51.6 cm³/mol. The fourth-order valence-electron chi connectivity index (χ4n) is 0.785. The van der Waals surface area contributed by atoms with E-state index in [-0.39, 0.29) is 12.4 Å². The number of rotatable bonds is 5. The Kier molecular flexibility index (Phi) is 6.45. The van der Waals surface area contributed by atoms with E-state index in [9.17, 15) is 9.59 Å². The molecule has 0 atom stereocenters. The number of ether oxygens (including phenoxy) is 2. The van der Waals surface area contributed by atoms with Gasteiger partial charge in [-0.1, -0.05) is 6.08 Å². The maximum atomic E-state index is 11.1. The van der Waals surface area contributed by atoms with Gasteiger partial charge in [0, 0.05) is 5.57 Å². The van der Waals surface area contributed by atoms with E-state index in [4.69, 9.17) is 9.47 Å². The Bertz CT molecular complexity index is 230. The molecule has 0 aromatic rings. The van der Waals surface area contributed by atoms with Gasteiger partial charge in [-0.05, 0) is 20.8 Å². The minimum Gasteiger partial charge on any atom is -0.466 e. The van der Waals surface area contributed by atoms with Crippen LogP contribution in [-0.4, -0.2) is 25.2 Å². The van der Waals surface area contributed by atoms with Crippen LogP contribution in [0.4, 0.5) is 0 Å². The van der Waals surface area contributed by atoms with Crippen molar-refractivity contribution in [2.45, 2.75) is 27.2 Å². The lowest BCUT2D eigenvalue weighted by molar-refractivity contribution is -0.142. The van der Waals surface area contributed by atoms with Crippen molar-refractivity contribution in [3.05, 3.63) is 11.6 Å². The van der Waals surface area contributed by atoms with Crippen LogP contribution in [0.5, 0.6) is 0 Å². The fourth-order valence-corrected chi connectivity index (χ4v) is 0.785. The Morgan fingerprint density at radius 3 is 2.21 bits per heavy atom. The van der Waals surface area contributed by atoms with Gasteiger partial charge in [0.05, 0.1) is 19.6 Å². The number of carbonyl (C=O) groups is 2. The highest BCUT2D eigenvalue weighted by Gasteiger charge is 2.05. The lowest BCUT2D eigenvalue weighted by Crippen LogP contribution is -2.07. The van der Waals surface area contributed by atoms with Crippen molar-refractivity contribution in [2.24, 2.45) is 0 Å². The van der Waals surface area contributed by atoms with Gasteiger partial charge in [0.15, 0.2) is 0 Å². The first-order valence-electron chi connectivity index (χ1n) is 4.61. The summed E-state index contributed by atoms with van der Waals surface area (Å²) in [5.41, 5.74) is 0.430. The standard InChI is InChI=1S/C10H16O4/c1-4-13-9(11)7-6-8(3)10(12)14-5-2/h6H,4-5,7H2,1-3H3. The molecule has 0 bridgehead atoms. The molecule has 0 aromatic carbocycles. The van der Waals surface area contributed by atoms with E-state index in [0.29, 0.717) is 18.8 Å². The summed E-state index contributed by atoms with van der Waals surface area (Å²) in [6.07, 6.45) is 1.62. The van der Waals surface area contributed by atoms with Crippen LogP contribution in [0.2, 0.25) is 0 Å². The zero-order valence-corrected chi connectivity index (χ0v) is 8.83. The van der Waals surface area contributed by atoms with E-state index in [1.807, 2.05) is 0 Å². The summed E-state index contributed by atoms with van der Waals surface area (Å²) in [6, 6.07) is 0. The fraction of sp³-hybridized carbons (Fsp3) is 0.600. The van der Waals surface area contributed by atoms with Gasteiger partial charge in [-0.15, -0.1) is 0 Å². The molecule has 4 heteroatoms. The molecule has 0 radical (unpaired) electrons. The summed E-state index contributed by atoms with van der Waals surface area (Å²) in [4.78, 5) is 22.0. The number of carbonyl (C=O) groups excluding carboxylic acids is 2. The number of hydrogen-bond acceptors (Lipinski definition) is 4. The summed E-state index contributed by atoms with van der Waals surface area (Å²) >= 11 is 0. The second kappa shape index (κ2) is 7.12. The molecule has 0 amide bonds. The van der Waals surface area contributed by atoms with Crippen LogP contribution in [0, 0.1) is 0 Å². The molecule has 0 N–H and O–H groups in total. The molecule has 0 aromatic heterocycles. The van der Waals surface area contributed by atoms with E-state index < -0.39 is 5.97 Å². The average Bonchev–Trinajstić information content (AvgIpc) is 2.15. The summed E-state index contributed by atoms with van der Waals surface area (Å²) in [6.45, 7) is 5.77. The van der Waals surface area contributed by atoms with Crippen LogP contribution in [0.3, 0.4) is 0 Å². The van der Waals surface area contributed by atoms with Gasteiger partial charge in [0.1, 0.15) is 0 Å². The molecule has 0 spiro atoms. The molecule has 0 saturated carbocycles. The van der Waals surface area contributed by atoms with E-state index in [1.54, 1.807) is 20.8 Å². The molecule has 14 heavy (non-hydrogen) atoms. The van der Waals surface area contributed by atoms with Gasteiger partial charge < -0.3 is 9.47 Å². The molecular weight excluding hydrogens is 184 g/mol. The summed E-state index contributed by atoms with van der Waals surface area (Å²) in [7, 11) is 0. The maximum Gasteiger partial charge on any atom is 0.333 e. The second-order valence-electron chi connectivity index (χ2n) is 2.62. The van der Waals surface area contributed by atoms with E-state index in [0.717, 1.165) is 0 Å². The average molecular weight is 200 g/mol. The smallest absolute Gasteiger partial charge is 0.333 e. The van der Waals surface area contributed by atoms with Crippen LogP contribution in [-0.2, 0) is 19.1 Å². The second-order valence-corrected chi connectivity index (χ2v) is 2.62. The van der Waals surface area contributed by atoms with Crippen molar-refractivity contribution in [3.63, 3.8) is 0 Å². The maximum absolute atomic E-state index is 11.1. The van der Waals surface area contributed by atoms with E-state index in [1.165, 1.54) is 6.08 Å². The van der Waals surface area contributed by atoms with Gasteiger partial charge in [-0.2, -0.15) is 0 Å². The van der Waals surface area contributed by atoms with Crippen molar-refractivity contribution in [1.82, 2.24) is 0 Å². The first kappa shape index (κ1) is 12.7. The highest BCUT2D eigenvalue weighted by molar-refractivity contribution is 5.88. The van der Waals surface area contributed by atoms with Gasteiger partial charge in [0.25, 0.3) is 0 Å². The van der Waals surface area contributed by atoms with Crippen LogP contribution in [0.1, 0.15) is 27.2 Å². The Hall–Kier alpha value is -1.32. The molecule has 0 unspecified atom stereocenters. The highest BCUT2D eigenvalue weighted by Crippen LogP contribution is 1.99.